The van der Waals surface area contributed by atoms with Crippen molar-refractivity contribution in [1.29, 1.82) is 0 Å². The van der Waals surface area contributed by atoms with Gasteiger partial charge in [-0.25, -0.2) is 13.1 Å². The molecule has 0 fully saturated rings. The second-order valence-corrected chi connectivity index (χ2v) is 6.82. The number of aryl methyl sites for hydroxylation is 2. The minimum Gasteiger partial charge on any atom is -0.362 e. The van der Waals surface area contributed by atoms with Crippen LogP contribution in [-0.4, -0.2) is 19.9 Å². The lowest BCUT2D eigenvalue weighted by atomic mass is 10.2. The topological polar surface area (TPSA) is 62.0 Å². The monoisotopic (exact) mass is 312 g/mol. The highest BCUT2D eigenvalue weighted by atomic mass is 35.5. The van der Waals surface area contributed by atoms with Gasteiger partial charge >= 0.3 is 0 Å². The average molecular weight is 313 g/mol. The predicted octanol–water partition coefficient (Wildman–Crippen LogP) is 2.81. The van der Waals surface area contributed by atoms with Crippen molar-refractivity contribution in [1.82, 2.24) is 9.71 Å². The number of sulfonamides is 1. The van der Waals surface area contributed by atoms with Crippen molar-refractivity contribution in [2.45, 2.75) is 25.2 Å². The summed E-state index contributed by atoms with van der Waals surface area (Å²) in [7, 11) is -3.56. The van der Waals surface area contributed by atoms with Crippen molar-refractivity contribution in [2.24, 2.45) is 0 Å². The number of hydrogen-bond donors (Lipinski definition) is 2. The van der Waals surface area contributed by atoms with E-state index in [2.05, 4.69) is 9.71 Å². The van der Waals surface area contributed by atoms with E-state index in [1.807, 2.05) is 19.9 Å². The molecule has 108 valence electrons. The summed E-state index contributed by atoms with van der Waals surface area (Å²) in [5.41, 5.74) is 3.26. The van der Waals surface area contributed by atoms with Gasteiger partial charge in [0.2, 0.25) is 10.0 Å². The lowest BCUT2D eigenvalue weighted by molar-refractivity contribution is 0.581. The molecular weight excluding hydrogens is 296 g/mol. The number of benzene rings is 1. The van der Waals surface area contributed by atoms with Crippen LogP contribution in [-0.2, 0) is 16.4 Å². The standard InChI is InChI=1S/C14H17ClN2O2S/c1-10-9-12(11(2)17-10)7-8-16-20(18,19)14-6-4-3-5-13(14)15/h3-6,9,16-17H,7-8H2,1-2H3. The molecule has 1 aromatic heterocycles. The maximum Gasteiger partial charge on any atom is 0.242 e. The smallest absolute Gasteiger partial charge is 0.242 e. The summed E-state index contributed by atoms with van der Waals surface area (Å²) in [6.45, 7) is 4.29. The number of aromatic nitrogens is 1. The Balaban J connectivity index is 2.04. The summed E-state index contributed by atoms with van der Waals surface area (Å²) in [4.78, 5) is 3.31. The molecule has 1 heterocycles. The Bertz CT molecular complexity index is 708. The van der Waals surface area contributed by atoms with E-state index < -0.39 is 10.0 Å². The highest BCUT2D eigenvalue weighted by Crippen LogP contribution is 2.20. The van der Waals surface area contributed by atoms with Crippen LogP contribution in [0, 0.1) is 13.8 Å². The normalized spacial score (nSPS) is 11.8. The minimum absolute atomic E-state index is 0.114. The Kier molecular flexibility index (Phi) is 4.52. The molecule has 0 saturated heterocycles. The van der Waals surface area contributed by atoms with Crippen molar-refractivity contribution in [3.63, 3.8) is 0 Å². The van der Waals surface area contributed by atoms with Crippen LogP contribution >= 0.6 is 11.6 Å². The van der Waals surface area contributed by atoms with E-state index in [1.54, 1.807) is 18.2 Å². The van der Waals surface area contributed by atoms with Crippen LogP contribution in [0.25, 0.3) is 0 Å². The largest absolute Gasteiger partial charge is 0.362 e. The zero-order chi connectivity index (χ0) is 14.8. The van der Waals surface area contributed by atoms with Crippen LogP contribution in [0.1, 0.15) is 17.0 Å². The van der Waals surface area contributed by atoms with E-state index in [0.717, 1.165) is 17.0 Å². The number of H-pyrrole nitrogens is 1. The number of halogens is 1. The summed E-state index contributed by atoms with van der Waals surface area (Å²) in [6.07, 6.45) is 0.639. The molecule has 0 atom stereocenters. The van der Waals surface area contributed by atoms with Crippen molar-refractivity contribution >= 4 is 21.6 Å². The van der Waals surface area contributed by atoms with Gasteiger partial charge in [-0.1, -0.05) is 23.7 Å². The van der Waals surface area contributed by atoms with E-state index in [4.69, 9.17) is 11.6 Å². The lowest BCUT2D eigenvalue weighted by Crippen LogP contribution is -2.26. The van der Waals surface area contributed by atoms with E-state index in [1.165, 1.54) is 6.07 Å². The third-order valence-electron chi connectivity index (χ3n) is 3.07. The summed E-state index contributed by atoms with van der Waals surface area (Å²) >= 11 is 5.91. The second kappa shape index (κ2) is 5.99. The molecule has 0 spiro atoms. The van der Waals surface area contributed by atoms with Crippen molar-refractivity contribution in [3.05, 3.63) is 52.3 Å². The molecule has 0 unspecified atom stereocenters. The highest BCUT2D eigenvalue weighted by molar-refractivity contribution is 7.89. The van der Waals surface area contributed by atoms with Gasteiger partial charge in [-0.3, -0.25) is 0 Å². The summed E-state index contributed by atoms with van der Waals surface area (Å²) in [5, 5.41) is 0.230. The molecule has 0 aliphatic carbocycles. The van der Waals surface area contributed by atoms with Crippen LogP contribution in [0.5, 0.6) is 0 Å². The third-order valence-corrected chi connectivity index (χ3v) is 5.03. The molecule has 0 radical (unpaired) electrons. The molecule has 0 amide bonds. The van der Waals surface area contributed by atoms with Gasteiger partial charge in [-0.05, 0) is 44.0 Å². The van der Waals surface area contributed by atoms with Crippen molar-refractivity contribution in [2.75, 3.05) is 6.54 Å². The number of nitrogens with one attached hydrogen (secondary N) is 2. The Morgan fingerprint density at radius 3 is 2.55 bits per heavy atom. The highest BCUT2D eigenvalue weighted by Gasteiger charge is 2.16. The van der Waals surface area contributed by atoms with Gasteiger partial charge in [-0.2, -0.15) is 0 Å². The van der Waals surface area contributed by atoms with Gasteiger partial charge in [0.1, 0.15) is 4.90 Å². The quantitative estimate of drug-likeness (QED) is 0.891. The molecule has 0 aliphatic heterocycles. The second-order valence-electron chi connectivity index (χ2n) is 4.68. The Morgan fingerprint density at radius 1 is 1.25 bits per heavy atom. The first-order valence-corrected chi connectivity index (χ1v) is 8.15. The maximum absolute atomic E-state index is 12.1. The zero-order valence-electron chi connectivity index (χ0n) is 11.4. The molecule has 2 N–H and O–H groups in total. The zero-order valence-corrected chi connectivity index (χ0v) is 13.0. The lowest BCUT2D eigenvalue weighted by Gasteiger charge is -2.08. The third kappa shape index (κ3) is 3.42. The van der Waals surface area contributed by atoms with Gasteiger partial charge in [0, 0.05) is 17.9 Å². The molecule has 20 heavy (non-hydrogen) atoms. The first-order valence-electron chi connectivity index (χ1n) is 6.29. The Labute approximate surface area is 124 Å². The predicted molar refractivity (Wildman–Crippen MR) is 80.6 cm³/mol. The van der Waals surface area contributed by atoms with Crippen LogP contribution in [0.2, 0.25) is 5.02 Å². The molecule has 0 aliphatic rings. The van der Waals surface area contributed by atoms with E-state index in [9.17, 15) is 8.42 Å². The molecule has 0 bridgehead atoms. The molecule has 2 aromatic rings. The fraction of sp³-hybridized carbons (Fsp3) is 0.286. The van der Waals surface area contributed by atoms with Crippen LogP contribution in [0.4, 0.5) is 0 Å². The number of aromatic amines is 1. The first-order chi connectivity index (χ1) is 9.40. The van der Waals surface area contributed by atoms with Gasteiger partial charge < -0.3 is 4.98 Å². The van der Waals surface area contributed by atoms with Gasteiger partial charge in [0.15, 0.2) is 0 Å². The SMILES string of the molecule is Cc1cc(CCNS(=O)(=O)c2ccccc2Cl)c(C)[nH]1. The molecule has 6 heteroatoms. The Hall–Kier alpha value is -1.30. The first kappa shape index (κ1) is 15.1. The summed E-state index contributed by atoms with van der Waals surface area (Å²) in [5.74, 6) is 0. The Morgan fingerprint density at radius 2 is 1.95 bits per heavy atom. The van der Waals surface area contributed by atoms with Crippen LogP contribution in [0.3, 0.4) is 0 Å². The van der Waals surface area contributed by atoms with E-state index in [-0.39, 0.29) is 9.92 Å². The molecular formula is C14H17ClN2O2S. The average Bonchev–Trinajstić information content (AvgIpc) is 2.68. The maximum atomic E-state index is 12.1. The van der Waals surface area contributed by atoms with Gasteiger partial charge in [-0.15, -0.1) is 0 Å². The fourth-order valence-electron chi connectivity index (χ4n) is 2.10. The molecule has 4 nitrogen and oxygen atoms in total. The number of hydrogen-bond acceptors (Lipinski definition) is 2. The van der Waals surface area contributed by atoms with E-state index in [0.29, 0.717) is 13.0 Å². The van der Waals surface area contributed by atoms with Crippen molar-refractivity contribution in [3.8, 4) is 0 Å². The van der Waals surface area contributed by atoms with E-state index >= 15 is 0 Å². The molecule has 2 rings (SSSR count). The molecule has 0 saturated carbocycles. The summed E-state index contributed by atoms with van der Waals surface area (Å²) < 4.78 is 26.8. The minimum atomic E-state index is -3.56. The number of rotatable bonds is 5. The summed E-state index contributed by atoms with van der Waals surface area (Å²) in [6, 6.07) is 8.44. The van der Waals surface area contributed by atoms with Gasteiger partial charge in [0.05, 0.1) is 5.02 Å². The van der Waals surface area contributed by atoms with Gasteiger partial charge in [0.25, 0.3) is 0 Å². The fourth-order valence-corrected chi connectivity index (χ4v) is 3.65. The van der Waals surface area contributed by atoms with Crippen molar-refractivity contribution < 1.29 is 8.42 Å². The van der Waals surface area contributed by atoms with Crippen LogP contribution in [0.15, 0.2) is 35.2 Å². The molecule has 1 aromatic carbocycles. The van der Waals surface area contributed by atoms with Crippen LogP contribution < -0.4 is 4.72 Å².